The standard InChI is InChI=1S/C14H27N3O4/c1-13(2,3)16-12(21)15-10(18)9-17(14(4,5)6)8-7-11(19)20/h7-9H2,1-6H3,(H,19,20)(H2,15,16,18,21). The van der Waals surface area contributed by atoms with Crippen LogP contribution in [0.25, 0.3) is 0 Å². The lowest BCUT2D eigenvalue weighted by molar-refractivity contribution is -0.138. The van der Waals surface area contributed by atoms with E-state index in [2.05, 4.69) is 10.6 Å². The third-order valence-electron chi connectivity index (χ3n) is 2.62. The Morgan fingerprint density at radius 2 is 1.57 bits per heavy atom. The third-order valence-corrected chi connectivity index (χ3v) is 2.62. The smallest absolute Gasteiger partial charge is 0.321 e. The highest BCUT2D eigenvalue weighted by Gasteiger charge is 2.25. The second-order valence-corrected chi connectivity index (χ2v) is 6.99. The fourth-order valence-electron chi connectivity index (χ4n) is 1.59. The van der Waals surface area contributed by atoms with Gasteiger partial charge in [-0.1, -0.05) is 0 Å². The highest BCUT2D eigenvalue weighted by molar-refractivity contribution is 5.95. The number of aliphatic carboxylic acids is 1. The number of imide groups is 1. The van der Waals surface area contributed by atoms with Crippen molar-refractivity contribution in [2.45, 2.75) is 59.0 Å². The number of amides is 3. The number of carbonyl (C=O) groups is 3. The summed E-state index contributed by atoms with van der Waals surface area (Å²) in [6.07, 6.45) is -0.0568. The first kappa shape index (κ1) is 19.4. The summed E-state index contributed by atoms with van der Waals surface area (Å²) in [7, 11) is 0. The number of carbonyl (C=O) groups excluding carboxylic acids is 2. The number of nitrogens with zero attached hydrogens (tertiary/aromatic N) is 1. The van der Waals surface area contributed by atoms with E-state index >= 15 is 0 Å². The SMILES string of the molecule is CC(C)(C)NC(=O)NC(=O)CN(CCC(=O)O)C(C)(C)C. The van der Waals surface area contributed by atoms with E-state index in [9.17, 15) is 14.4 Å². The van der Waals surface area contributed by atoms with Crippen LogP contribution in [0.2, 0.25) is 0 Å². The van der Waals surface area contributed by atoms with Crippen LogP contribution in [-0.2, 0) is 9.59 Å². The van der Waals surface area contributed by atoms with Gasteiger partial charge < -0.3 is 10.4 Å². The highest BCUT2D eigenvalue weighted by Crippen LogP contribution is 2.13. The molecule has 0 radical (unpaired) electrons. The summed E-state index contributed by atoms with van der Waals surface area (Å²) < 4.78 is 0. The molecule has 0 atom stereocenters. The summed E-state index contributed by atoms with van der Waals surface area (Å²) in [4.78, 5) is 35.9. The second-order valence-electron chi connectivity index (χ2n) is 6.99. The van der Waals surface area contributed by atoms with Crippen molar-refractivity contribution in [3.05, 3.63) is 0 Å². The molecule has 3 amide bonds. The summed E-state index contributed by atoms with van der Waals surface area (Å²) in [5.41, 5.74) is -0.801. The largest absolute Gasteiger partial charge is 0.481 e. The van der Waals surface area contributed by atoms with E-state index in [1.165, 1.54) is 0 Å². The summed E-state index contributed by atoms with van der Waals surface area (Å²) in [5.74, 6) is -1.38. The van der Waals surface area contributed by atoms with Crippen LogP contribution < -0.4 is 10.6 Å². The summed E-state index contributed by atoms with van der Waals surface area (Å²) in [6, 6.07) is -0.556. The Hall–Kier alpha value is -1.63. The molecule has 0 spiro atoms. The topological polar surface area (TPSA) is 98.7 Å². The number of hydrogen-bond acceptors (Lipinski definition) is 4. The molecule has 7 heteroatoms. The molecule has 0 unspecified atom stereocenters. The average molecular weight is 301 g/mol. The fourth-order valence-corrected chi connectivity index (χ4v) is 1.59. The van der Waals surface area contributed by atoms with Crippen molar-refractivity contribution in [2.75, 3.05) is 13.1 Å². The maximum Gasteiger partial charge on any atom is 0.321 e. The highest BCUT2D eigenvalue weighted by atomic mass is 16.4. The number of rotatable bonds is 5. The molecule has 0 aromatic rings. The lowest BCUT2D eigenvalue weighted by Crippen LogP contribution is -2.53. The quantitative estimate of drug-likeness (QED) is 0.708. The van der Waals surface area contributed by atoms with E-state index in [0.29, 0.717) is 0 Å². The fraction of sp³-hybridized carbons (Fsp3) is 0.786. The molecule has 0 fully saturated rings. The zero-order chi connectivity index (χ0) is 16.8. The van der Waals surface area contributed by atoms with Crippen molar-refractivity contribution >= 4 is 17.9 Å². The van der Waals surface area contributed by atoms with Gasteiger partial charge in [-0.15, -0.1) is 0 Å². The van der Waals surface area contributed by atoms with Gasteiger partial charge >= 0.3 is 12.0 Å². The van der Waals surface area contributed by atoms with Crippen LogP contribution in [0.4, 0.5) is 4.79 Å². The van der Waals surface area contributed by atoms with Gasteiger partial charge in [-0.25, -0.2) is 4.79 Å². The molecule has 7 nitrogen and oxygen atoms in total. The number of hydrogen-bond donors (Lipinski definition) is 3. The van der Waals surface area contributed by atoms with E-state index < -0.39 is 23.4 Å². The van der Waals surface area contributed by atoms with Crippen molar-refractivity contribution in [3.8, 4) is 0 Å². The lowest BCUT2D eigenvalue weighted by Gasteiger charge is -2.34. The molecule has 0 saturated heterocycles. The average Bonchev–Trinajstić information content (AvgIpc) is 2.18. The first-order valence-corrected chi connectivity index (χ1v) is 6.90. The monoisotopic (exact) mass is 301 g/mol. The maximum atomic E-state index is 11.9. The van der Waals surface area contributed by atoms with E-state index in [0.717, 1.165) is 0 Å². The minimum absolute atomic E-state index is 0.0334. The van der Waals surface area contributed by atoms with Crippen molar-refractivity contribution in [3.63, 3.8) is 0 Å². The minimum atomic E-state index is -0.921. The number of carboxylic acid groups (broad SMARTS) is 1. The number of nitrogens with one attached hydrogen (secondary N) is 2. The zero-order valence-electron chi connectivity index (χ0n) is 13.7. The van der Waals surface area contributed by atoms with Crippen LogP contribution in [0.1, 0.15) is 48.0 Å². The number of urea groups is 1. The molecule has 0 aromatic heterocycles. The third kappa shape index (κ3) is 9.84. The molecular weight excluding hydrogens is 274 g/mol. The van der Waals surface area contributed by atoms with E-state index in [4.69, 9.17) is 5.11 Å². The molecule has 0 heterocycles. The van der Waals surface area contributed by atoms with Gasteiger partial charge in [0.15, 0.2) is 0 Å². The molecule has 0 bridgehead atoms. The molecule has 0 aliphatic rings. The first-order valence-electron chi connectivity index (χ1n) is 6.90. The van der Waals surface area contributed by atoms with Crippen molar-refractivity contribution in [1.29, 1.82) is 0 Å². The minimum Gasteiger partial charge on any atom is -0.481 e. The van der Waals surface area contributed by atoms with Gasteiger partial charge in [-0.05, 0) is 41.5 Å². The van der Waals surface area contributed by atoms with E-state index in [-0.39, 0.29) is 25.0 Å². The Kier molecular flexibility index (Phi) is 6.82. The zero-order valence-corrected chi connectivity index (χ0v) is 13.7. The van der Waals surface area contributed by atoms with E-state index in [1.807, 2.05) is 41.5 Å². The molecule has 0 rings (SSSR count). The molecule has 0 aromatic carbocycles. The van der Waals surface area contributed by atoms with Crippen LogP contribution in [-0.4, -0.2) is 52.1 Å². The van der Waals surface area contributed by atoms with Gasteiger partial charge in [0.1, 0.15) is 0 Å². The Labute approximate surface area is 126 Å². The van der Waals surface area contributed by atoms with Gasteiger partial charge in [0.25, 0.3) is 0 Å². The molecule has 0 saturated carbocycles. The van der Waals surface area contributed by atoms with Crippen molar-refractivity contribution in [2.24, 2.45) is 0 Å². The summed E-state index contributed by atoms with van der Waals surface area (Å²) >= 11 is 0. The van der Waals surface area contributed by atoms with E-state index in [1.54, 1.807) is 4.90 Å². The van der Waals surface area contributed by atoms with Gasteiger partial charge in [-0.2, -0.15) is 0 Å². The lowest BCUT2D eigenvalue weighted by atomic mass is 10.1. The molecule has 3 N–H and O–H groups in total. The van der Waals surface area contributed by atoms with Gasteiger partial charge in [0.05, 0.1) is 13.0 Å². The Balaban J connectivity index is 4.54. The van der Waals surface area contributed by atoms with Crippen molar-refractivity contribution < 1.29 is 19.5 Å². The maximum absolute atomic E-state index is 11.9. The number of carboxylic acids is 1. The first-order chi connectivity index (χ1) is 9.31. The van der Waals surface area contributed by atoms with Crippen molar-refractivity contribution in [1.82, 2.24) is 15.5 Å². The molecule has 21 heavy (non-hydrogen) atoms. The van der Waals surface area contributed by atoms with Gasteiger partial charge in [0.2, 0.25) is 5.91 Å². The van der Waals surface area contributed by atoms with Crippen LogP contribution in [0.5, 0.6) is 0 Å². The summed E-state index contributed by atoms with van der Waals surface area (Å²) in [6.45, 7) is 11.3. The van der Waals surface area contributed by atoms with Crippen LogP contribution in [0, 0.1) is 0 Å². The van der Waals surface area contributed by atoms with Gasteiger partial charge in [0, 0.05) is 17.6 Å². The normalized spacial score (nSPS) is 12.1. The Bertz CT molecular complexity index is 394. The summed E-state index contributed by atoms with van der Waals surface area (Å²) in [5, 5.41) is 13.6. The molecular formula is C14H27N3O4. The molecule has 0 aliphatic carbocycles. The Morgan fingerprint density at radius 1 is 1.05 bits per heavy atom. The molecule has 0 aliphatic heterocycles. The van der Waals surface area contributed by atoms with Gasteiger partial charge in [-0.3, -0.25) is 19.8 Å². The van der Waals surface area contributed by atoms with Crippen LogP contribution in [0.3, 0.4) is 0 Å². The Morgan fingerprint density at radius 3 is 1.95 bits per heavy atom. The second kappa shape index (κ2) is 7.40. The predicted molar refractivity (Wildman–Crippen MR) is 80.0 cm³/mol. The molecule has 122 valence electrons. The van der Waals surface area contributed by atoms with Crippen LogP contribution >= 0.6 is 0 Å². The predicted octanol–water partition coefficient (Wildman–Crippen LogP) is 1.19. The van der Waals surface area contributed by atoms with Crippen LogP contribution in [0.15, 0.2) is 0 Å².